The number of fused-ring (bicyclic) bond motifs is 3. The van der Waals surface area contributed by atoms with Gasteiger partial charge in [-0.1, -0.05) is 80.1 Å². The highest BCUT2D eigenvalue weighted by Crippen LogP contribution is 2.45. The molecule has 2 aromatic heterocycles. The minimum absolute atomic E-state index is 0.0876. The van der Waals surface area contributed by atoms with E-state index < -0.39 is 11.6 Å². The first-order chi connectivity index (χ1) is 21.3. The minimum atomic E-state index is -0.581. The van der Waals surface area contributed by atoms with Gasteiger partial charge >= 0.3 is 0 Å². The Balaban J connectivity index is 0.000000778. The summed E-state index contributed by atoms with van der Waals surface area (Å²) in [6.45, 7) is 22.3. The average molecular weight is 646 g/mol. The van der Waals surface area contributed by atoms with Gasteiger partial charge in [-0.3, -0.25) is 0 Å². The first kappa shape index (κ1) is 39.1. The molecule has 44 heavy (non-hydrogen) atoms. The van der Waals surface area contributed by atoms with E-state index in [0.29, 0.717) is 16.9 Å². The lowest BCUT2D eigenvalue weighted by Crippen LogP contribution is -2.20. The number of nitrogen functional groups attached to an aromatic ring is 1. The van der Waals surface area contributed by atoms with Crippen LogP contribution >= 0.6 is 20.6 Å². The van der Waals surface area contributed by atoms with E-state index in [9.17, 15) is 9.65 Å². The Morgan fingerprint density at radius 3 is 2.23 bits per heavy atom. The molecule has 0 radical (unpaired) electrons. The number of hydrogen-bond donors (Lipinski definition) is 1. The van der Waals surface area contributed by atoms with Crippen LogP contribution in [0.3, 0.4) is 0 Å². The van der Waals surface area contributed by atoms with Crippen molar-refractivity contribution in [2.75, 3.05) is 30.4 Å². The number of halogens is 2. The molecule has 1 unspecified atom stereocenters. The maximum absolute atomic E-state index is 16.1. The topological polar surface area (TPSA) is 88.1 Å². The Hall–Kier alpha value is -2.92. The Kier molecular flexibility index (Phi) is 17.9. The number of nitrogens with two attached hydrogens (primary N) is 1. The number of thiophene rings is 1. The van der Waals surface area contributed by atoms with Crippen molar-refractivity contribution < 1.29 is 13.5 Å². The third-order valence-electron chi connectivity index (χ3n) is 6.70. The number of rotatable bonds is 5. The van der Waals surface area contributed by atoms with Crippen LogP contribution in [0.25, 0.3) is 22.3 Å². The smallest absolute Gasteiger partial charge is 0.225 e. The maximum Gasteiger partial charge on any atom is 0.225 e. The van der Waals surface area contributed by atoms with Crippen molar-refractivity contribution in [1.29, 1.82) is 5.26 Å². The summed E-state index contributed by atoms with van der Waals surface area (Å²) in [4.78, 5) is 11.2. The van der Waals surface area contributed by atoms with Crippen LogP contribution in [0.1, 0.15) is 113 Å². The van der Waals surface area contributed by atoms with Gasteiger partial charge in [-0.15, -0.1) is 20.6 Å². The highest BCUT2D eigenvalue weighted by molar-refractivity contribution is 7.17. The number of anilines is 2. The van der Waals surface area contributed by atoms with Gasteiger partial charge in [0.25, 0.3) is 0 Å². The summed E-state index contributed by atoms with van der Waals surface area (Å²) >= 11 is 0.948. The second-order valence-electron chi connectivity index (χ2n) is 9.74. The number of ether oxygens (including phenoxy) is 1. The SMILES string of the molecule is C=C(c1c(/C(F)=C\C)sc(N)c1C#N)c1c2c(c3cnc(N4CCCC4)nc3c1F)COC2.CC.CCC.CCCC.CP. The van der Waals surface area contributed by atoms with E-state index in [-0.39, 0.29) is 50.9 Å². The summed E-state index contributed by atoms with van der Waals surface area (Å²) < 4.78 is 36.5. The van der Waals surface area contributed by atoms with E-state index in [0.717, 1.165) is 42.8 Å². The molecule has 242 valence electrons. The largest absolute Gasteiger partial charge is 0.389 e. The van der Waals surface area contributed by atoms with Crippen LogP contribution in [0.4, 0.5) is 19.7 Å². The number of aromatic nitrogens is 2. The number of nitriles is 1. The monoisotopic (exact) mass is 645 g/mol. The molecule has 0 spiro atoms. The predicted molar refractivity (Wildman–Crippen MR) is 189 cm³/mol. The molecule has 2 aliphatic heterocycles. The second kappa shape index (κ2) is 20.2. The zero-order valence-electron chi connectivity index (χ0n) is 27.7. The summed E-state index contributed by atoms with van der Waals surface area (Å²) in [5.74, 6) is -0.646. The number of hydrogen-bond acceptors (Lipinski definition) is 7. The van der Waals surface area contributed by atoms with Gasteiger partial charge in [0.15, 0.2) is 5.82 Å². The van der Waals surface area contributed by atoms with Crippen molar-refractivity contribution >= 4 is 53.8 Å². The summed E-state index contributed by atoms with van der Waals surface area (Å²) in [5, 5.41) is 10.5. The molecular formula is C34H50F2N5OPS. The van der Waals surface area contributed by atoms with Gasteiger partial charge < -0.3 is 15.4 Å². The number of benzene rings is 1. The fourth-order valence-electron chi connectivity index (χ4n) is 4.56. The quantitative estimate of drug-likeness (QED) is 0.278. The third kappa shape index (κ3) is 8.84. The van der Waals surface area contributed by atoms with Gasteiger partial charge in [-0.2, -0.15) is 5.26 Å². The lowest BCUT2D eigenvalue weighted by atomic mass is 9.89. The van der Waals surface area contributed by atoms with Gasteiger partial charge in [0.2, 0.25) is 5.95 Å². The van der Waals surface area contributed by atoms with Crippen molar-refractivity contribution in [2.24, 2.45) is 0 Å². The fraction of sp³-hybridized carbons (Fsp3) is 0.500. The van der Waals surface area contributed by atoms with E-state index in [1.807, 2.05) is 31.5 Å². The van der Waals surface area contributed by atoms with Crippen molar-refractivity contribution in [3.63, 3.8) is 0 Å². The van der Waals surface area contributed by atoms with E-state index in [2.05, 4.69) is 53.5 Å². The molecule has 6 nitrogen and oxygen atoms in total. The normalized spacial score (nSPS) is 13.2. The zero-order chi connectivity index (χ0) is 33.4. The van der Waals surface area contributed by atoms with E-state index in [1.165, 1.54) is 25.3 Å². The summed E-state index contributed by atoms with van der Waals surface area (Å²) in [5.41, 5.74) is 8.24. The number of unbranched alkanes of at least 4 members (excludes halogenated alkanes) is 1. The highest BCUT2D eigenvalue weighted by atomic mass is 32.1. The third-order valence-corrected chi connectivity index (χ3v) is 7.72. The molecule has 3 aromatic rings. The van der Waals surface area contributed by atoms with Gasteiger partial charge in [0, 0.05) is 35.8 Å². The fourth-order valence-corrected chi connectivity index (χ4v) is 5.57. The second-order valence-corrected chi connectivity index (χ2v) is 10.8. The molecule has 5 rings (SSSR count). The van der Waals surface area contributed by atoms with Gasteiger partial charge in [-0.25, -0.2) is 18.7 Å². The molecule has 0 saturated carbocycles. The molecule has 1 atom stereocenters. The lowest BCUT2D eigenvalue weighted by molar-refractivity contribution is 0.134. The Labute approximate surface area is 269 Å². The molecule has 1 saturated heterocycles. The summed E-state index contributed by atoms with van der Waals surface area (Å²) in [6.07, 6.45) is 8.90. The average Bonchev–Trinajstić information content (AvgIpc) is 3.83. The molecule has 4 heterocycles. The van der Waals surface area contributed by atoms with Crippen LogP contribution in [0.15, 0.2) is 18.9 Å². The molecule has 0 bridgehead atoms. The van der Waals surface area contributed by atoms with Gasteiger partial charge in [-0.05, 0) is 36.5 Å². The minimum Gasteiger partial charge on any atom is -0.389 e. The molecule has 0 amide bonds. The molecule has 2 aliphatic rings. The van der Waals surface area contributed by atoms with Gasteiger partial charge in [0.1, 0.15) is 22.4 Å². The van der Waals surface area contributed by atoms with Gasteiger partial charge in [0.05, 0.1) is 23.7 Å². The Bertz CT molecular complexity index is 1440. The van der Waals surface area contributed by atoms with Crippen LogP contribution < -0.4 is 10.6 Å². The van der Waals surface area contributed by atoms with Crippen molar-refractivity contribution in [3.8, 4) is 6.07 Å². The van der Waals surface area contributed by atoms with Crippen molar-refractivity contribution in [2.45, 2.75) is 93.8 Å². The number of nitrogens with zero attached hydrogens (tertiary/aromatic N) is 4. The van der Waals surface area contributed by atoms with Crippen LogP contribution in [-0.2, 0) is 18.0 Å². The molecule has 1 fully saturated rings. The Morgan fingerprint density at radius 1 is 1.14 bits per heavy atom. The number of allylic oxidation sites excluding steroid dienone is 1. The van der Waals surface area contributed by atoms with E-state index in [4.69, 9.17) is 10.5 Å². The molecule has 0 aliphatic carbocycles. The molecular weight excluding hydrogens is 595 g/mol. The summed E-state index contributed by atoms with van der Waals surface area (Å²) in [7, 11) is 2.42. The van der Waals surface area contributed by atoms with Crippen LogP contribution in [0, 0.1) is 17.1 Å². The maximum atomic E-state index is 16.1. The molecule has 2 N–H and O–H groups in total. The molecule has 10 heteroatoms. The standard InChI is InChI=1S/C24H21F2N5OS.C4H10.C3H8.C2H6.CH5P/c1-3-17(25)22-19(13(8-27)23(28)33-22)12(2)18-16-11-32-10-15(16)14-9-29-24(30-21(14)20(18)26)31-6-4-5-7-31;1-3-4-2;1-3-2;2*1-2/h3,9H,2,4-7,10-11,28H2,1H3;3-4H2,1-2H3;3H2,1-2H3;1-2H3;2H2,1H3/b17-3+;;;;. The predicted octanol–water partition coefficient (Wildman–Crippen LogP) is 10.0. The van der Waals surface area contributed by atoms with Crippen LogP contribution in [0.2, 0.25) is 0 Å². The first-order valence-electron chi connectivity index (χ1n) is 15.5. The summed E-state index contributed by atoms with van der Waals surface area (Å²) in [6, 6.07) is 2.03. The lowest BCUT2D eigenvalue weighted by Gasteiger charge is -2.18. The van der Waals surface area contributed by atoms with Crippen molar-refractivity contribution in [3.05, 3.63) is 57.4 Å². The van der Waals surface area contributed by atoms with Crippen molar-refractivity contribution in [1.82, 2.24) is 9.97 Å². The van der Waals surface area contributed by atoms with E-state index >= 15 is 4.39 Å². The van der Waals surface area contributed by atoms with Crippen LogP contribution in [-0.4, -0.2) is 29.7 Å². The van der Waals surface area contributed by atoms with Crippen LogP contribution in [0.5, 0.6) is 0 Å². The first-order valence-corrected chi connectivity index (χ1v) is 17.5. The van der Waals surface area contributed by atoms with E-state index in [1.54, 1.807) is 13.1 Å². The highest BCUT2D eigenvalue weighted by Gasteiger charge is 2.31. The Morgan fingerprint density at radius 2 is 1.70 bits per heavy atom. The zero-order valence-corrected chi connectivity index (χ0v) is 29.7. The molecule has 1 aromatic carbocycles.